The summed E-state index contributed by atoms with van der Waals surface area (Å²) in [5, 5.41) is 9.91. The molecule has 0 aromatic rings. The van der Waals surface area contributed by atoms with Gasteiger partial charge in [-0.15, -0.1) is 0 Å². The van der Waals surface area contributed by atoms with Crippen molar-refractivity contribution >= 4 is 0 Å². The Bertz CT molecular complexity index is 216. The number of methoxy groups -OCH3 is 1. The van der Waals surface area contributed by atoms with Crippen LogP contribution >= 0.6 is 0 Å². The monoisotopic (exact) mass is 244 g/mol. The molecule has 1 aliphatic carbocycles. The summed E-state index contributed by atoms with van der Waals surface area (Å²) in [7, 11) is 1.72. The van der Waals surface area contributed by atoms with Crippen LogP contribution in [0.2, 0.25) is 0 Å². The average Bonchev–Trinajstić information content (AvgIpc) is 2.31. The molecule has 0 aromatic heterocycles. The summed E-state index contributed by atoms with van der Waals surface area (Å²) in [4.78, 5) is 0. The minimum absolute atomic E-state index is 0.0290. The van der Waals surface area contributed by atoms with Gasteiger partial charge in [0.2, 0.25) is 0 Å². The second-order valence-corrected chi connectivity index (χ2v) is 5.78. The highest BCUT2D eigenvalue weighted by Crippen LogP contribution is 2.29. The smallest absolute Gasteiger partial charge is 0.0836 e. The molecular weight excluding hydrogens is 216 g/mol. The maximum absolute atomic E-state index is 9.91. The molecule has 0 radical (unpaired) electrons. The molecular formula is C14H28O3. The molecule has 1 rings (SSSR count). The zero-order valence-electron chi connectivity index (χ0n) is 11.7. The van der Waals surface area contributed by atoms with E-state index in [1.54, 1.807) is 7.11 Å². The van der Waals surface area contributed by atoms with Crippen molar-refractivity contribution in [3.8, 4) is 0 Å². The molecule has 0 amide bonds. The molecule has 3 atom stereocenters. The van der Waals surface area contributed by atoms with Gasteiger partial charge in [-0.3, -0.25) is 0 Å². The molecule has 1 aliphatic rings. The molecule has 0 saturated heterocycles. The summed E-state index contributed by atoms with van der Waals surface area (Å²) in [6.07, 6.45) is 4.84. The van der Waals surface area contributed by atoms with Gasteiger partial charge in [-0.05, 0) is 45.4 Å². The maximum Gasteiger partial charge on any atom is 0.0836 e. The van der Waals surface area contributed by atoms with Gasteiger partial charge in [-0.25, -0.2) is 0 Å². The lowest BCUT2D eigenvalue weighted by Gasteiger charge is -2.33. The second kappa shape index (κ2) is 6.72. The maximum atomic E-state index is 9.91. The van der Waals surface area contributed by atoms with Crippen LogP contribution in [0.4, 0.5) is 0 Å². The molecule has 102 valence electrons. The molecule has 1 N–H and O–H groups in total. The Kier molecular flexibility index (Phi) is 5.90. The Morgan fingerprint density at radius 1 is 1.29 bits per heavy atom. The summed E-state index contributed by atoms with van der Waals surface area (Å²) in [5.74, 6) is 0.721. The zero-order valence-corrected chi connectivity index (χ0v) is 11.7. The number of ether oxygens (including phenoxy) is 2. The summed E-state index contributed by atoms with van der Waals surface area (Å²) in [6, 6.07) is 0. The normalized spacial score (nSPS) is 30.5. The minimum Gasteiger partial charge on any atom is -0.390 e. The highest BCUT2D eigenvalue weighted by Gasteiger charge is 2.29. The average molecular weight is 244 g/mol. The minimum atomic E-state index is -0.275. The Hall–Kier alpha value is -0.120. The van der Waals surface area contributed by atoms with Gasteiger partial charge < -0.3 is 14.6 Å². The predicted octanol–water partition coefficient (Wildman–Crippen LogP) is 2.76. The Morgan fingerprint density at radius 2 is 2.00 bits per heavy atom. The van der Waals surface area contributed by atoms with Gasteiger partial charge in [-0.1, -0.05) is 13.3 Å². The predicted molar refractivity (Wildman–Crippen MR) is 69.1 cm³/mol. The van der Waals surface area contributed by atoms with Crippen molar-refractivity contribution in [3.05, 3.63) is 0 Å². The largest absolute Gasteiger partial charge is 0.390 e. The van der Waals surface area contributed by atoms with Crippen LogP contribution in [0.3, 0.4) is 0 Å². The topological polar surface area (TPSA) is 38.7 Å². The van der Waals surface area contributed by atoms with E-state index in [1.807, 2.05) is 0 Å². The zero-order chi connectivity index (χ0) is 12.9. The first kappa shape index (κ1) is 14.9. The molecule has 0 spiro atoms. The van der Waals surface area contributed by atoms with E-state index < -0.39 is 0 Å². The first-order valence-electron chi connectivity index (χ1n) is 6.83. The fraction of sp³-hybridized carbons (Fsp3) is 1.00. The first-order valence-corrected chi connectivity index (χ1v) is 6.83. The van der Waals surface area contributed by atoms with Crippen molar-refractivity contribution in [2.45, 2.75) is 70.7 Å². The molecule has 17 heavy (non-hydrogen) atoms. The molecule has 3 unspecified atom stereocenters. The van der Waals surface area contributed by atoms with E-state index in [4.69, 9.17) is 9.47 Å². The Morgan fingerprint density at radius 3 is 2.59 bits per heavy atom. The highest BCUT2D eigenvalue weighted by atomic mass is 16.5. The van der Waals surface area contributed by atoms with E-state index in [-0.39, 0.29) is 17.8 Å². The molecule has 1 saturated carbocycles. The third-order valence-corrected chi connectivity index (χ3v) is 4.03. The van der Waals surface area contributed by atoms with Crippen molar-refractivity contribution in [3.63, 3.8) is 0 Å². The number of hydrogen-bond donors (Lipinski definition) is 1. The lowest BCUT2D eigenvalue weighted by molar-refractivity contribution is -0.0883. The molecule has 0 aliphatic heterocycles. The SMILES string of the molecule is CCC1CCC(O)C(OCCC(C)(C)OC)C1. The molecule has 3 nitrogen and oxygen atoms in total. The van der Waals surface area contributed by atoms with Crippen LogP contribution in [0.1, 0.15) is 52.9 Å². The van der Waals surface area contributed by atoms with E-state index in [9.17, 15) is 5.11 Å². The summed E-state index contributed by atoms with van der Waals surface area (Å²) in [6.45, 7) is 7.00. The number of rotatable bonds is 6. The van der Waals surface area contributed by atoms with E-state index in [0.717, 1.165) is 31.6 Å². The summed E-state index contributed by atoms with van der Waals surface area (Å²) in [5.41, 5.74) is -0.135. The van der Waals surface area contributed by atoms with Crippen molar-refractivity contribution in [2.75, 3.05) is 13.7 Å². The van der Waals surface area contributed by atoms with Crippen LogP contribution in [-0.4, -0.2) is 36.6 Å². The van der Waals surface area contributed by atoms with E-state index in [1.165, 1.54) is 6.42 Å². The number of aliphatic hydroxyl groups is 1. The van der Waals surface area contributed by atoms with Crippen molar-refractivity contribution in [1.29, 1.82) is 0 Å². The van der Waals surface area contributed by atoms with Crippen LogP contribution in [0.5, 0.6) is 0 Å². The van der Waals surface area contributed by atoms with Crippen LogP contribution in [0, 0.1) is 5.92 Å². The van der Waals surface area contributed by atoms with Crippen LogP contribution in [-0.2, 0) is 9.47 Å². The number of hydrogen-bond acceptors (Lipinski definition) is 3. The number of aliphatic hydroxyl groups excluding tert-OH is 1. The van der Waals surface area contributed by atoms with Gasteiger partial charge in [-0.2, -0.15) is 0 Å². The fourth-order valence-electron chi connectivity index (χ4n) is 2.30. The van der Waals surface area contributed by atoms with E-state index >= 15 is 0 Å². The molecule has 0 bridgehead atoms. The van der Waals surface area contributed by atoms with Crippen molar-refractivity contribution in [1.82, 2.24) is 0 Å². The molecule has 1 fully saturated rings. The second-order valence-electron chi connectivity index (χ2n) is 5.78. The third kappa shape index (κ3) is 4.94. The highest BCUT2D eigenvalue weighted by molar-refractivity contribution is 4.80. The Labute approximate surface area is 105 Å². The fourth-order valence-corrected chi connectivity index (χ4v) is 2.30. The van der Waals surface area contributed by atoms with Gasteiger partial charge in [0, 0.05) is 13.7 Å². The molecule has 0 heterocycles. The molecule has 3 heteroatoms. The van der Waals surface area contributed by atoms with Crippen LogP contribution in [0.15, 0.2) is 0 Å². The first-order chi connectivity index (χ1) is 7.98. The van der Waals surface area contributed by atoms with Gasteiger partial charge in [0.1, 0.15) is 0 Å². The summed E-state index contributed by atoms with van der Waals surface area (Å²) >= 11 is 0. The van der Waals surface area contributed by atoms with Crippen LogP contribution < -0.4 is 0 Å². The van der Waals surface area contributed by atoms with E-state index in [0.29, 0.717) is 6.61 Å². The summed E-state index contributed by atoms with van der Waals surface area (Å²) < 4.78 is 11.2. The quantitative estimate of drug-likeness (QED) is 0.781. The van der Waals surface area contributed by atoms with E-state index in [2.05, 4.69) is 20.8 Å². The Balaban J connectivity index is 2.29. The van der Waals surface area contributed by atoms with Crippen LogP contribution in [0.25, 0.3) is 0 Å². The van der Waals surface area contributed by atoms with Gasteiger partial charge in [0.25, 0.3) is 0 Å². The lowest BCUT2D eigenvalue weighted by atomic mass is 9.84. The van der Waals surface area contributed by atoms with Crippen molar-refractivity contribution in [2.24, 2.45) is 5.92 Å². The molecule has 0 aromatic carbocycles. The standard InChI is InChI=1S/C14H28O3/c1-5-11-6-7-12(15)13(10-11)17-9-8-14(2,3)16-4/h11-13,15H,5-10H2,1-4H3. The van der Waals surface area contributed by atoms with Gasteiger partial charge in [0.15, 0.2) is 0 Å². The van der Waals surface area contributed by atoms with Gasteiger partial charge in [0.05, 0.1) is 17.8 Å². The van der Waals surface area contributed by atoms with Crippen molar-refractivity contribution < 1.29 is 14.6 Å². The lowest BCUT2D eigenvalue weighted by Crippen LogP contribution is -2.37. The third-order valence-electron chi connectivity index (χ3n) is 4.03. The van der Waals surface area contributed by atoms with Gasteiger partial charge >= 0.3 is 0 Å².